The summed E-state index contributed by atoms with van der Waals surface area (Å²) in [6.45, 7) is 4.95. The van der Waals surface area contributed by atoms with Crippen molar-refractivity contribution >= 4 is 11.2 Å². The van der Waals surface area contributed by atoms with Gasteiger partial charge in [0.2, 0.25) is 0 Å². The number of fused-ring (bicyclic) bond motifs is 1. The third kappa shape index (κ3) is 4.55. The zero-order valence-electron chi connectivity index (χ0n) is 18.9. The number of hydrogen-bond acceptors (Lipinski definition) is 4. The van der Waals surface area contributed by atoms with Gasteiger partial charge in [-0.2, -0.15) is 18.3 Å². The zero-order valence-corrected chi connectivity index (χ0v) is 18.9. The average molecular weight is 474 g/mol. The molecule has 0 amide bonds. The molecule has 0 spiro atoms. The number of aryl methyl sites for hydroxylation is 3. The fraction of sp³-hybridized carbons (Fsp3) is 0.391. The van der Waals surface area contributed by atoms with Gasteiger partial charge in [-0.1, -0.05) is 32.0 Å². The summed E-state index contributed by atoms with van der Waals surface area (Å²) in [5.41, 5.74) is 0.248. The molecule has 4 aromatic rings. The zero-order chi connectivity index (χ0) is 24.5. The number of aromatic nitrogens is 6. The standard InChI is InChI=1S/C23H25F3N6O2/c1-3-9-31-20-18(21(33)32(10-4-2)22(31)34)28-19(29-20)16-13-27-30(14-16)11-8-15-6-5-7-17(12-15)23(24,25)26/h5-7,12-14H,3-4,8-11H2,1-2H3,(H,28,29). The minimum Gasteiger partial charge on any atom is -0.332 e. The predicted octanol–water partition coefficient (Wildman–Crippen LogP) is 3.83. The Morgan fingerprint density at radius 2 is 1.76 bits per heavy atom. The number of hydrogen-bond donors (Lipinski definition) is 1. The molecule has 1 N–H and O–H groups in total. The molecule has 0 bridgehead atoms. The summed E-state index contributed by atoms with van der Waals surface area (Å²) in [5, 5.41) is 4.28. The Kier molecular flexibility index (Phi) is 6.45. The van der Waals surface area contributed by atoms with Gasteiger partial charge < -0.3 is 4.98 Å². The van der Waals surface area contributed by atoms with Crippen LogP contribution in [0.5, 0.6) is 0 Å². The Morgan fingerprint density at radius 1 is 1.03 bits per heavy atom. The topological polar surface area (TPSA) is 90.5 Å². The molecule has 8 nitrogen and oxygen atoms in total. The number of aromatic amines is 1. The minimum absolute atomic E-state index is 0.258. The Labute approximate surface area is 192 Å². The van der Waals surface area contributed by atoms with E-state index < -0.39 is 17.3 Å². The van der Waals surface area contributed by atoms with Crippen LogP contribution in [0.4, 0.5) is 13.2 Å². The van der Waals surface area contributed by atoms with Crippen LogP contribution in [-0.4, -0.2) is 28.9 Å². The van der Waals surface area contributed by atoms with Gasteiger partial charge in [0, 0.05) is 25.8 Å². The smallest absolute Gasteiger partial charge is 0.332 e. The van der Waals surface area contributed by atoms with Crippen LogP contribution >= 0.6 is 0 Å². The number of alkyl halides is 3. The van der Waals surface area contributed by atoms with E-state index in [0.29, 0.717) is 61.5 Å². The van der Waals surface area contributed by atoms with Crippen molar-refractivity contribution in [1.82, 2.24) is 28.9 Å². The van der Waals surface area contributed by atoms with E-state index in [1.165, 1.54) is 15.2 Å². The lowest BCUT2D eigenvalue weighted by Crippen LogP contribution is -2.40. The van der Waals surface area contributed by atoms with Crippen LogP contribution < -0.4 is 11.2 Å². The van der Waals surface area contributed by atoms with Crippen LogP contribution in [-0.2, 0) is 32.2 Å². The summed E-state index contributed by atoms with van der Waals surface area (Å²) in [7, 11) is 0. The number of rotatable bonds is 8. The van der Waals surface area contributed by atoms with Crippen molar-refractivity contribution in [3.05, 3.63) is 68.6 Å². The number of imidazole rings is 1. The number of halogens is 3. The number of nitrogens with one attached hydrogen (secondary N) is 1. The molecule has 180 valence electrons. The van der Waals surface area contributed by atoms with Crippen molar-refractivity contribution in [1.29, 1.82) is 0 Å². The summed E-state index contributed by atoms with van der Waals surface area (Å²) in [5.74, 6) is 0.399. The first-order chi connectivity index (χ1) is 16.2. The van der Waals surface area contributed by atoms with Gasteiger partial charge in [-0.05, 0) is 30.9 Å². The molecule has 1 aromatic carbocycles. The van der Waals surface area contributed by atoms with Crippen molar-refractivity contribution < 1.29 is 13.2 Å². The summed E-state index contributed by atoms with van der Waals surface area (Å²) in [4.78, 5) is 33.2. The largest absolute Gasteiger partial charge is 0.416 e. The molecule has 3 heterocycles. The Hall–Kier alpha value is -3.63. The fourth-order valence-corrected chi connectivity index (χ4v) is 3.90. The molecule has 0 saturated heterocycles. The molecule has 34 heavy (non-hydrogen) atoms. The molecule has 0 radical (unpaired) electrons. The highest BCUT2D eigenvalue weighted by Crippen LogP contribution is 2.29. The van der Waals surface area contributed by atoms with Crippen LogP contribution in [0.15, 0.2) is 46.2 Å². The first-order valence-electron chi connectivity index (χ1n) is 11.1. The third-order valence-corrected chi connectivity index (χ3v) is 5.55. The molecule has 0 aliphatic carbocycles. The van der Waals surface area contributed by atoms with Crippen LogP contribution in [0, 0.1) is 0 Å². The van der Waals surface area contributed by atoms with Gasteiger partial charge in [-0.25, -0.2) is 9.78 Å². The van der Waals surface area contributed by atoms with Crippen LogP contribution in [0.2, 0.25) is 0 Å². The van der Waals surface area contributed by atoms with E-state index in [1.54, 1.807) is 23.1 Å². The SMILES string of the molecule is CCCn1c(=O)c2[nH]c(-c3cnn(CCc4cccc(C(F)(F)F)c4)c3)nc2n(CCC)c1=O. The highest BCUT2D eigenvalue weighted by atomic mass is 19.4. The molecular weight excluding hydrogens is 449 g/mol. The molecule has 0 atom stereocenters. The van der Waals surface area contributed by atoms with E-state index in [-0.39, 0.29) is 11.2 Å². The van der Waals surface area contributed by atoms with Gasteiger partial charge in [0.15, 0.2) is 5.65 Å². The van der Waals surface area contributed by atoms with Gasteiger partial charge in [-0.3, -0.25) is 18.6 Å². The summed E-state index contributed by atoms with van der Waals surface area (Å²) < 4.78 is 43.1. The van der Waals surface area contributed by atoms with Crippen LogP contribution in [0.3, 0.4) is 0 Å². The van der Waals surface area contributed by atoms with Crippen molar-refractivity contribution in [2.24, 2.45) is 0 Å². The van der Waals surface area contributed by atoms with E-state index in [1.807, 2.05) is 13.8 Å². The third-order valence-electron chi connectivity index (χ3n) is 5.55. The van der Waals surface area contributed by atoms with Gasteiger partial charge in [0.25, 0.3) is 5.56 Å². The Balaban J connectivity index is 1.62. The average Bonchev–Trinajstić information content (AvgIpc) is 3.45. The first-order valence-corrected chi connectivity index (χ1v) is 11.1. The van der Waals surface area contributed by atoms with Crippen molar-refractivity contribution in [2.45, 2.75) is 58.9 Å². The second-order valence-electron chi connectivity index (χ2n) is 8.12. The summed E-state index contributed by atoms with van der Waals surface area (Å²) in [6, 6.07) is 5.22. The quantitative estimate of drug-likeness (QED) is 0.420. The monoisotopic (exact) mass is 474 g/mol. The van der Waals surface area contributed by atoms with Gasteiger partial charge in [0.05, 0.1) is 17.3 Å². The normalized spacial score (nSPS) is 12.0. The molecule has 4 rings (SSSR count). The van der Waals surface area contributed by atoms with E-state index in [4.69, 9.17) is 0 Å². The summed E-state index contributed by atoms with van der Waals surface area (Å²) in [6.07, 6.45) is 0.601. The molecule has 0 unspecified atom stereocenters. The van der Waals surface area contributed by atoms with E-state index in [2.05, 4.69) is 15.1 Å². The molecule has 11 heteroatoms. The van der Waals surface area contributed by atoms with Crippen molar-refractivity contribution in [2.75, 3.05) is 0 Å². The highest BCUT2D eigenvalue weighted by Gasteiger charge is 2.30. The number of benzene rings is 1. The van der Waals surface area contributed by atoms with E-state index in [0.717, 1.165) is 12.1 Å². The highest BCUT2D eigenvalue weighted by molar-refractivity contribution is 5.75. The Bertz CT molecular complexity index is 1430. The maximum atomic E-state index is 12.9. The fourth-order valence-electron chi connectivity index (χ4n) is 3.90. The molecule has 0 saturated carbocycles. The lowest BCUT2D eigenvalue weighted by atomic mass is 10.1. The maximum Gasteiger partial charge on any atom is 0.416 e. The molecule has 3 aromatic heterocycles. The van der Waals surface area contributed by atoms with Crippen LogP contribution in [0.25, 0.3) is 22.6 Å². The lowest BCUT2D eigenvalue weighted by molar-refractivity contribution is -0.137. The second-order valence-corrected chi connectivity index (χ2v) is 8.12. The second kappa shape index (κ2) is 9.32. The molecule has 0 fully saturated rings. The summed E-state index contributed by atoms with van der Waals surface area (Å²) >= 11 is 0. The lowest BCUT2D eigenvalue weighted by Gasteiger charge is -2.09. The molecule has 0 aliphatic heterocycles. The van der Waals surface area contributed by atoms with E-state index in [9.17, 15) is 22.8 Å². The first kappa shape index (κ1) is 23.5. The predicted molar refractivity (Wildman–Crippen MR) is 122 cm³/mol. The van der Waals surface area contributed by atoms with Crippen molar-refractivity contribution in [3.8, 4) is 11.4 Å². The number of nitrogens with zero attached hydrogens (tertiary/aromatic N) is 5. The van der Waals surface area contributed by atoms with Crippen molar-refractivity contribution in [3.63, 3.8) is 0 Å². The van der Waals surface area contributed by atoms with Gasteiger partial charge in [-0.15, -0.1) is 0 Å². The Morgan fingerprint density at radius 3 is 2.47 bits per heavy atom. The molecule has 0 aliphatic rings. The van der Waals surface area contributed by atoms with E-state index >= 15 is 0 Å². The number of H-pyrrole nitrogens is 1. The van der Waals surface area contributed by atoms with Crippen LogP contribution in [0.1, 0.15) is 37.8 Å². The molecular formula is C23H25F3N6O2. The van der Waals surface area contributed by atoms with Gasteiger partial charge >= 0.3 is 11.9 Å². The maximum absolute atomic E-state index is 12.9. The minimum atomic E-state index is -4.38. The van der Waals surface area contributed by atoms with Gasteiger partial charge in [0.1, 0.15) is 11.3 Å².